The second kappa shape index (κ2) is 34.9. The molecule has 7 heteroatoms. The number of nitrogens with zero attached hydrogens (tertiary/aromatic N) is 6. The van der Waals surface area contributed by atoms with E-state index >= 15 is 0 Å². The Kier molecular flexibility index (Phi) is 19.1. The molecule has 20 aromatic rings. The summed E-state index contributed by atoms with van der Waals surface area (Å²) in [7, 11) is 0. The van der Waals surface area contributed by atoms with E-state index in [4.69, 9.17) is 6.85 Å². The first-order chi connectivity index (χ1) is 72.6. The molecule has 2 aliphatic rings. The number of hydrogen-bond donors (Lipinski definition) is 0. The maximum absolute atomic E-state index is 10.1. The standard InChI is InChI=1S/C133H129BN6/c1-128(2,3)95-56-64-117-109(74-95)110-75-96(129(4,5)6)57-65-118(110)136(117)83-89-54-62-115-123(72-89)138(85-113-105(91-38-24-19-25-39-91)78-99(132(13,14)15)79-106(113)92-40-26-20-27-41-92)125-70-88(68-69-135(101-46-32-23-33-47-101)82-87-52-60-102(61-53-87)140-121-50-36-34-48-103(121)104-49-35-37-51-122(104)140)71-126-127(125)134(115)116-63-55-90(84-137-119-66-58-97(130(7,8)9)76-111(119)112-77-98(131(10,11)12)59-67-120(112)137)73-124(116)139(126)86-114-107(93-42-28-21-29-43-93)80-100(133(16,17)18)81-108(114)94-44-30-22-31-45-94/h19-67,70-81H,68-69,82-86H2,1-18H3/i23D,32D,33D,34D,35D,36D,37D,46D,47D,48D,49D,50D,51D. The Labute approximate surface area is 847 Å². The summed E-state index contributed by atoms with van der Waals surface area (Å²) in [5.41, 5.74) is 33.3. The number of rotatable bonds is 19. The molecule has 22 rings (SSSR count). The minimum absolute atomic E-state index is 0.00811. The molecule has 0 amide bonds. The molecule has 694 valence electrons. The first-order valence-corrected chi connectivity index (χ1v) is 49.7. The van der Waals surface area contributed by atoms with E-state index in [1.807, 2.05) is 17.0 Å². The van der Waals surface area contributed by atoms with Crippen LogP contribution in [0, 0.1) is 0 Å². The Morgan fingerprint density at radius 1 is 0.271 bits per heavy atom. The van der Waals surface area contributed by atoms with Crippen molar-refractivity contribution < 1.29 is 17.8 Å². The van der Waals surface area contributed by atoms with E-state index in [1.165, 1.54) is 59.5 Å². The Balaban J connectivity index is 0.828. The average Bonchev–Trinajstić information content (AvgIpc) is 1.55. The summed E-state index contributed by atoms with van der Waals surface area (Å²) in [5, 5.41) is 4.75. The summed E-state index contributed by atoms with van der Waals surface area (Å²) in [5.74, 6) is 0. The number of benzene rings is 17. The molecule has 0 fully saturated rings. The van der Waals surface area contributed by atoms with Gasteiger partial charge in [0.05, 0.1) is 28.9 Å². The summed E-state index contributed by atoms with van der Waals surface area (Å²) in [6.07, 6.45) is 0.247. The van der Waals surface area contributed by atoms with Crippen molar-refractivity contribution in [1.82, 2.24) is 13.7 Å². The van der Waals surface area contributed by atoms with Crippen molar-refractivity contribution in [3.63, 3.8) is 0 Å². The van der Waals surface area contributed by atoms with Crippen LogP contribution in [0.3, 0.4) is 0 Å². The van der Waals surface area contributed by atoms with Crippen molar-refractivity contribution in [2.24, 2.45) is 0 Å². The van der Waals surface area contributed by atoms with E-state index in [0.717, 1.165) is 134 Å². The van der Waals surface area contributed by atoms with Gasteiger partial charge >= 0.3 is 0 Å². The van der Waals surface area contributed by atoms with E-state index in [-0.39, 0.29) is 91.6 Å². The van der Waals surface area contributed by atoms with Crippen LogP contribution >= 0.6 is 0 Å². The smallest absolute Gasteiger partial charge is 0.252 e. The van der Waals surface area contributed by atoms with Crippen LogP contribution in [0.1, 0.15) is 209 Å². The Morgan fingerprint density at radius 3 is 0.936 bits per heavy atom. The maximum Gasteiger partial charge on any atom is 0.252 e. The Morgan fingerprint density at radius 2 is 0.593 bits per heavy atom. The molecule has 0 spiro atoms. The highest BCUT2D eigenvalue weighted by molar-refractivity contribution is 7.00. The topological polar surface area (TPSA) is 24.5 Å². The van der Waals surface area contributed by atoms with E-state index in [9.17, 15) is 11.0 Å². The number of para-hydroxylation sites is 3. The SMILES string of the molecule is [2H]c1c([2H])c([2H])c(N(CCc2cc3c4c(c2)N(Cc2c(-c5ccccc5)cc(C(C)(C)C)cc2-c2ccccc2)c2cc(Cn5c6ccc(C(C)(C)C)cc6c6cc(C(C)(C)C)ccc65)ccc2B4c2ccc(Cn4c5ccc(C(C)(C)C)cc5c5cc(C(C)(C)C)ccc54)cc2N3Cc2c(-c3ccccc3)cc(C(C)(C)C)cc2-c2ccccc2)Cc2ccc(-n3c4c([2H])c([2H])c([2H])c([2H])c4c4c([2H])c([2H])c([2H])c([2H])c43)cc2)c([2H])c1[2H]. The third-order valence-corrected chi connectivity index (χ3v) is 29.6. The summed E-state index contributed by atoms with van der Waals surface area (Å²) in [6, 6.07) is 102. The van der Waals surface area contributed by atoms with E-state index in [2.05, 4.69) is 410 Å². The van der Waals surface area contributed by atoms with Gasteiger partial charge in [-0.15, -0.1) is 0 Å². The lowest BCUT2D eigenvalue weighted by atomic mass is 9.33. The predicted molar refractivity (Wildman–Crippen MR) is 602 cm³/mol. The third-order valence-electron chi connectivity index (χ3n) is 29.6. The third kappa shape index (κ3) is 16.8. The van der Waals surface area contributed by atoms with Gasteiger partial charge in [0.25, 0.3) is 6.71 Å². The van der Waals surface area contributed by atoms with Crippen LogP contribution in [0.2, 0.25) is 0 Å². The number of fused-ring (bicyclic) bond motifs is 13. The van der Waals surface area contributed by atoms with Crippen LogP contribution in [0.4, 0.5) is 28.4 Å². The summed E-state index contributed by atoms with van der Waals surface area (Å²) >= 11 is 0. The molecule has 0 saturated carbocycles. The van der Waals surface area contributed by atoms with Crippen LogP contribution in [-0.4, -0.2) is 27.0 Å². The molecule has 6 nitrogen and oxygen atoms in total. The van der Waals surface area contributed by atoms with E-state index in [0.29, 0.717) is 37.4 Å². The lowest BCUT2D eigenvalue weighted by Gasteiger charge is -2.45. The molecule has 0 saturated heterocycles. The number of hydrogen-bond acceptors (Lipinski definition) is 3. The van der Waals surface area contributed by atoms with Gasteiger partial charge in [-0.05, 0) is 276 Å². The first-order valence-electron chi connectivity index (χ1n) is 56.2. The normalized spacial score (nSPS) is 14.4. The fourth-order valence-electron chi connectivity index (χ4n) is 21.7. The van der Waals surface area contributed by atoms with Crippen LogP contribution in [0.25, 0.3) is 116 Å². The van der Waals surface area contributed by atoms with Crippen LogP contribution in [0.5, 0.6) is 0 Å². The van der Waals surface area contributed by atoms with Gasteiger partial charge in [0.2, 0.25) is 0 Å². The van der Waals surface area contributed by atoms with Crippen LogP contribution in [0.15, 0.2) is 370 Å². The van der Waals surface area contributed by atoms with Crippen LogP contribution < -0.4 is 31.1 Å². The zero-order valence-electron chi connectivity index (χ0n) is 96.9. The molecule has 0 bridgehead atoms. The monoisotopic (exact) mass is 1830 g/mol. The lowest BCUT2D eigenvalue weighted by Crippen LogP contribution is -2.62. The van der Waals surface area contributed by atoms with E-state index < -0.39 is 73.2 Å². The summed E-state index contributed by atoms with van der Waals surface area (Å²) in [6.45, 7) is 42.8. The molecular weight excluding hydrogens is 1690 g/mol. The molecule has 140 heavy (non-hydrogen) atoms. The fraction of sp³-hybridized carbons (Fsp3) is 0.233. The maximum atomic E-state index is 10.1. The van der Waals surface area contributed by atoms with Crippen molar-refractivity contribution in [2.75, 3.05) is 21.2 Å². The van der Waals surface area contributed by atoms with Gasteiger partial charge in [0, 0.05) is 128 Å². The fourth-order valence-corrected chi connectivity index (χ4v) is 21.7. The second-order valence-electron chi connectivity index (χ2n) is 45.2. The average molecular weight is 1840 g/mol. The molecule has 3 aromatic heterocycles. The predicted octanol–water partition coefficient (Wildman–Crippen LogP) is 32.6. The Bertz CT molecular complexity index is 8290. The highest BCUT2D eigenvalue weighted by atomic mass is 15.2. The second-order valence-corrected chi connectivity index (χ2v) is 45.2. The molecule has 2 aliphatic heterocycles. The molecule has 0 unspecified atom stereocenters. The van der Waals surface area contributed by atoms with Crippen molar-refractivity contribution in [3.8, 4) is 50.2 Å². The van der Waals surface area contributed by atoms with Gasteiger partial charge in [-0.3, -0.25) is 0 Å². The number of anilines is 5. The molecule has 0 atom stereocenters. The quantitative estimate of drug-likeness (QED) is 0.0754. The van der Waals surface area contributed by atoms with Crippen molar-refractivity contribution >= 4 is 117 Å². The van der Waals surface area contributed by atoms with Gasteiger partial charge in [-0.25, -0.2) is 0 Å². The zero-order valence-corrected chi connectivity index (χ0v) is 83.9. The van der Waals surface area contributed by atoms with Gasteiger partial charge in [-0.1, -0.05) is 385 Å². The minimum atomic E-state index is -0.545. The molecule has 0 radical (unpaired) electrons. The van der Waals surface area contributed by atoms with Crippen molar-refractivity contribution in [3.05, 3.63) is 436 Å². The molecular formula is C133H129BN6. The van der Waals surface area contributed by atoms with Crippen LogP contribution in [-0.2, 0) is 71.6 Å². The van der Waals surface area contributed by atoms with E-state index in [1.54, 1.807) is 12.1 Å². The summed E-state index contributed by atoms with van der Waals surface area (Å²) < 4.78 is 128. The molecule has 0 aliphatic carbocycles. The van der Waals surface area contributed by atoms with Gasteiger partial charge in [0.1, 0.15) is 0 Å². The van der Waals surface area contributed by atoms with Crippen molar-refractivity contribution in [1.29, 1.82) is 0 Å². The van der Waals surface area contributed by atoms with Gasteiger partial charge in [-0.2, -0.15) is 0 Å². The van der Waals surface area contributed by atoms with Gasteiger partial charge < -0.3 is 28.4 Å². The Hall–Kier alpha value is -14.4. The first kappa shape index (κ1) is 76.6. The number of aromatic nitrogens is 3. The lowest BCUT2D eigenvalue weighted by molar-refractivity contribution is 0.590. The summed E-state index contributed by atoms with van der Waals surface area (Å²) in [4.78, 5) is 7.17. The molecule has 17 aromatic carbocycles. The largest absolute Gasteiger partial charge is 0.367 e. The molecule has 0 N–H and O–H groups in total. The van der Waals surface area contributed by atoms with Crippen molar-refractivity contribution in [2.45, 2.75) is 196 Å². The molecule has 5 heterocycles. The van der Waals surface area contributed by atoms with Gasteiger partial charge in [0.15, 0.2) is 0 Å². The highest BCUT2D eigenvalue weighted by Crippen LogP contribution is 2.50. The zero-order chi connectivity index (χ0) is 108. The highest BCUT2D eigenvalue weighted by Gasteiger charge is 2.45. The minimum Gasteiger partial charge on any atom is -0.367 e.